The zero-order chi connectivity index (χ0) is 10.5. The molecule has 84 valence electrons. The van der Waals surface area contributed by atoms with E-state index < -0.39 is 0 Å². The van der Waals surface area contributed by atoms with E-state index in [9.17, 15) is 0 Å². The molecule has 4 rings (SSSR count). The molecular formula is C11H19N3O. The van der Waals surface area contributed by atoms with E-state index in [0.717, 1.165) is 18.2 Å². The maximum atomic E-state index is 5.31. The predicted molar refractivity (Wildman–Crippen MR) is 58.7 cm³/mol. The monoisotopic (exact) mass is 209 g/mol. The van der Waals surface area contributed by atoms with Crippen LogP contribution >= 0.6 is 0 Å². The molecule has 4 heterocycles. The van der Waals surface area contributed by atoms with Crippen LogP contribution in [-0.2, 0) is 4.74 Å². The molecule has 1 atom stereocenters. The third kappa shape index (κ3) is 1.20. The van der Waals surface area contributed by atoms with E-state index in [1.165, 1.54) is 32.5 Å². The van der Waals surface area contributed by atoms with Crippen molar-refractivity contribution >= 4 is 5.90 Å². The van der Waals surface area contributed by atoms with Crippen LogP contribution in [-0.4, -0.2) is 55.1 Å². The van der Waals surface area contributed by atoms with Gasteiger partial charge in [-0.3, -0.25) is 5.01 Å². The molecular weight excluding hydrogens is 190 g/mol. The molecule has 4 nitrogen and oxygen atoms in total. The van der Waals surface area contributed by atoms with Gasteiger partial charge >= 0.3 is 0 Å². The Kier molecular flexibility index (Phi) is 1.96. The van der Waals surface area contributed by atoms with E-state index in [1.54, 1.807) is 7.11 Å². The molecule has 0 amide bonds. The van der Waals surface area contributed by atoms with Gasteiger partial charge < -0.3 is 9.64 Å². The Bertz CT molecular complexity index is 296. The summed E-state index contributed by atoms with van der Waals surface area (Å²) in [5.41, 5.74) is 0.252. The summed E-state index contributed by atoms with van der Waals surface area (Å²) in [7, 11) is 3.83. The maximum Gasteiger partial charge on any atom is 0.208 e. The van der Waals surface area contributed by atoms with E-state index in [2.05, 4.69) is 22.1 Å². The number of hydrogen-bond donors (Lipinski definition) is 0. The molecule has 4 aliphatic heterocycles. The van der Waals surface area contributed by atoms with Crippen LogP contribution in [0.5, 0.6) is 0 Å². The topological polar surface area (TPSA) is 28.1 Å². The summed E-state index contributed by atoms with van der Waals surface area (Å²) in [6.45, 7) is 3.73. The van der Waals surface area contributed by atoms with Gasteiger partial charge in [-0.2, -0.15) is 0 Å². The maximum absolute atomic E-state index is 5.31. The van der Waals surface area contributed by atoms with Crippen molar-refractivity contribution in [3.8, 4) is 0 Å². The van der Waals surface area contributed by atoms with Crippen molar-refractivity contribution in [2.24, 2.45) is 11.0 Å². The molecule has 0 aromatic rings. The highest BCUT2D eigenvalue weighted by molar-refractivity contribution is 5.79. The largest absolute Gasteiger partial charge is 0.483 e. The second-order valence-electron chi connectivity index (χ2n) is 5.05. The first-order valence-corrected chi connectivity index (χ1v) is 5.82. The Morgan fingerprint density at radius 1 is 1.40 bits per heavy atom. The van der Waals surface area contributed by atoms with Gasteiger partial charge in [-0.05, 0) is 31.8 Å². The predicted octanol–water partition coefficient (Wildman–Crippen LogP) is 0.746. The number of piperidine rings is 3. The van der Waals surface area contributed by atoms with Gasteiger partial charge in [-0.25, -0.2) is 0 Å². The number of methoxy groups -OCH3 is 1. The number of rotatable bonds is 0. The molecule has 4 aliphatic rings. The number of likely N-dealkylation sites (N-methyl/N-ethyl adjacent to an activating group) is 1. The average Bonchev–Trinajstić information content (AvgIpc) is 2.58. The lowest BCUT2D eigenvalue weighted by atomic mass is 9.71. The molecule has 3 saturated heterocycles. The summed E-state index contributed by atoms with van der Waals surface area (Å²) in [6, 6.07) is 0. The van der Waals surface area contributed by atoms with Crippen LogP contribution in [0.1, 0.15) is 19.3 Å². The van der Waals surface area contributed by atoms with Crippen molar-refractivity contribution in [2.45, 2.75) is 24.8 Å². The number of ether oxygens (including phenoxy) is 1. The zero-order valence-electron chi connectivity index (χ0n) is 9.57. The minimum absolute atomic E-state index is 0.252. The summed E-state index contributed by atoms with van der Waals surface area (Å²) < 4.78 is 5.31. The minimum atomic E-state index is 0.252. The first-order valence-electron chi connectivity index (χ1n) is 5.82. The Morgan fingerprint density at radius 2 is 2.13 bits per heavy atom. The number of fused-ring (bicyclic) bond motifs is 2. The molecule has 0 radical (unpaired) electrons. The third-order valence-electron chi connectivity index (χ3n) is 4.44. The van der Waals surface area contributed by atoms with Crippen LogP contribution in [0.4, 0.5) is 0 Å². The van der Waals surface area contributed by atoms with Crippen LogP contribution in [0, 0.1) is 5.92 Å². The minimum Gasteiger partial charge on any atom is -0.483 e. The molecule has 1 spiro atoms. The Morgan fingerprint density at radius 3 is 2.60 bits per heavy atom. The van der Waals surface area contributed by atoms with Crippen LogP contribution in [0.2, 0.25) is 0 Å². The van der Waals surface area contributed by atoms with E-state index >= 15 is 0 Å². The van der Waals surface area contributed by atoms with Gasteiger partial charge in [0.1, 0.15) is 0 Å². The summed E-state index contributed by atoms with van der Waals surface area (Å²) >= 11 is 0. The van der Waals surface area contributed by atoms with Crippen LogP contribution < -0.4 is 0 Å². The molecule has 0 aromatic heterocycles. The summed E-state index contributed by atoms with van der Waals surface area (Å²) in [5.74, 6) is 1.72. The van der Waals surface area contributed by atoms with Gasteiger partial charge in [-0.1, -0.05) is 0 Å². The van der Waals surface area contributed by atoms with Gasteiger partial charge in [0.25, 0.3) is 0 Å². The molecule has 0 aromatic carbocycles. The Labute approximate surface area is 90.9 Å². The highest BCUT2D eigenvalue weighted by atomic mass is 16.5. The van der Waals surface area contributed by atoms with Crippen molar-refractivity contribution in [3.63, 3.8) is 0 Å². The molecule has 0 N–H and O–H groups in total. The fourth-order valence-corrected chi connectivity index (χ4v) is 3.50. The quantitative estimate of drug-likeness (QED) is 0.589. The Balaban J connectivity index is 1.87. The lowest BCUT2D eigenvalue weighted by Gasteiger charge is -2.53. The van der Waals surface area contributed by atoms with Gasteiger partial charge in [-0.15, -0.1) is 5.10 Å². The van der Waals surface area contributed by atoms with Gasteiger partial charge in [0, 0.05) is 13.6 Å². The van der Waals surface area contributed by atoms with Crippen LogP contribution in [0.3, 0.4) is 0 Å². The van der Waals surface area contributed by atoms with Crippen LogP contribution in [0.25, 0.3) is 0 Å². The second kappa shape index (κ2) is 3.11. The second-order valence-corrected chi connectivity index (χ2v) is 5.05. The fraction of sp³-hybridized carbons (Fsp3) is 0.909. The summed E-state index contributed by atoms with van der Waals surface area (Å²) in [5, 5.41) is 6.67. The SMILES string of the molecule is COC1=NN(C)C2(C1)CN1CCC2CC1. The molecule has 4 heteroatoms. The standard InChI is InChI=1S/C11H19N3O/c1-13-11(7-10(12-13)15-2)8-14-5-3-9(11)4-6-14/h9H,3-8H2,1-2H3. The fourth-order valence-electron chi connectivity index (χ4n) is 3.50. The lowest BCUT2D eigenvalue weighted by Crippen LogP contribution is -2.63. The first kappa shape index (κ1) is 9.46. The normalized spacial score (nSPS) is 43.6. The molecule has 3 fully saturated rings. The van der Waals surface area contributed by atoms with Crippen molar-refractivity contribution in [3.05, 3.63) is 0 Å². The van der Waals surface area contributed by atoms with Gasteiger partial charge in [0.15, 0.2) is 0 Å². The lowest BCUT2D eigenvalue weighted by molar-refractivity contribution is -0.0476. The van der Waals surface area contributed by atoms with E-state index in [4.69, 9.17) is 4.74 Å². The number of hydrazone groups is 1. The van der Waals surface area contributed by atoms with Gasteiger partial charge in [0.05, 0.1) is 19.1 Å². The average molecular weight is 209 g/mol. The van der Waals surface area contributed by atoms with E-state index in [-0.39, 0.29) is 5.54 Å². The number of hydrogen-bond acceptors (Lipinski definition) is 4. The third-order valence-corrected chi connectivity index (χ3v) is 4.44. The molecule has 2 bridgehead atoms. The zero-order valence-corrected chi connectivity index (χ0v) is 9.57. The Hall–Kier alpha value is -0.770. The van der Waals surface area contributed by atoms with Crippen LogP contribution in [0.15, 0.2) is 5.10 Å². The summed E-state index contributed by atoms with van der Waals surface area (Å²) in [6.07, 6.45) is 3.66. The van der Waals surface area contributed by atoms with Crippen molar-refractivity contribution in [1.29, 1.82) is 0 Å². The van der Waals surface area contributed by atoms with Crippen molar-refractivity contribution in [1.82, 2.24) is 9.91 Å². The van der Waals surface area contributed by atoms with E-state index in [1.807, 2.05) is 0 Å². The first-order chi connectivity index (χ1) is 7.24. The molecule has 0 aliphatic carbocycles. The summed E-state index contributed by atoms with van der Waals surface area (Å²) in [4.78, 5) is 2.57. The highest BCUT2D eigenvalue weighted by Crippen LogP contribution is 2.44. The molecule has 15 heavy (non-hydrogen) atoms. The van der Waals surface area contributed by atoms with Gasteiger partial charge in [0.2, 0.25) is 5.90 Å². The smallest absolute Gasteiger partial charge is 0.208 e. The molecule has 0 saturated carbocycles. The highest BCUT2D eigenvalue weighted by Gasteiger charge is 2.52. The van der Waals surface area contributed by atoms with Crippen molar-refractivity contribution < 1.29 is 4.74 Å². The number of nitrogens with zero attached hydrogens (tertiary/aromatic N) is 3. The van der Waals surface area contributed by atoms with E-state index in [0.29, 0.717) is 0 Å². The van der Waals surface area contributed by atoms with Crippen molar-refractivity contribution in [2.75, 3.05) is 33.8 Å². The molecule has 1 unspecified atom stereocenters.